The first-order valence-corrected chi connectivity index (χ1v) is 8.56. The average molecular weight is 264 g/mol. The second-order valence-electron chi connectivity index (χ2n) is 6.91. The zero-order chi connectivity index (χ0) is 13.5. The number of hydrogen-bond donors (Lipinski definition) is 0. The fraction of sp³-hybridized carbons (Fsp3) is 0.889. The van der Waals surface area contributed by atoms with Crippen LogP contribution in [0.15, 0.2) is 12.3 Å². The average Bonchev–Trinajstić information content (AvgIpc) is 2.45. The van der Waals surface area contributed by atoms with Gasteiger partial charge in [-0.1, -0.05) is 32.8 Å². The summed E-state index contributed by atoms with van der Waals surface area (Å²) in [6.07, 6.45) is 16.8. The van der Waals surface area contributed by atoms with Crippen LogP contribution in [0.3, 0.4) is 0 Å². The highest BCUT2D eigenvalue weighted by Gasteiger charge is 2.29. The fourth-order valence-electron chi connectivity index (χ4n) is 3.94. The Morgan fingerprint density at radius 3 is 2.05 bits per heavy atom. The van der Waals surface area contributed by atoms with Crippen LogP contribution in [0.4, 0.5) is 0 Å². The third kappa shape index (κ3) is 4.85. The number of allylic oxidation sites excluding steroid dienone is 1. The maximum absolute atomic E-state index is 5.63. The van der Waals surface area contributed by atoms with Crippen LogP contribution < -0.4 is 0 Å². The van der Waals surface area contributed by atoms with Crippen molar-refractivity contribution in [2.24, 2.45) is 23.7 Å². The van der Waals surface area contributed by atoms with E-state index in [1.165, 1.54) is 51.4 Å². The third-order valence-corrected chi connectivity index (χ3v) is 5.38. The van der Waals surface area contributed by atoms with Crippen molar-refractivity contribution in [3.8, 4) is 0 Å². The molecule has 0 saturated heterocycles. The maximum atomic E-state index is 5.63. The molecule has 0 spiro atoms. The Hall–Kier alpha value is -0.460. The molecule has 0 aliphatic heterocycles. The summed E-state index contributed by atoms with van der Waals surface area (Å²) in [7, 11) is 0. The zero-order valence-corrected chi connectivity index (χ0v) is 12.9. The van der Waals surface area contributed by atoms with Gasteiger partial charge in [-0.15, -0.1) is 0 Å². The number of hydrogen-bond acceptors (Lipinski definition) is 1. The van der Waals surface area contributed by atoms with Gasteiger partial charge in [0.15, 0.2) is 0 Å². The van der Waals surface area contributed by atoms with Gasteiger partial charge < -0.3 is 4.74 Å². The lowest BCUT2D eigenvalue weighted by Crippen LogP contribution is -2.26. The predicted molar refractivity (Wildman–Crippen MR) is 82.0 cm³/mol. The van der Waals surface area contributed by atoms with Crippen molar-refractivity contribution >= 4 is 0 Å². The standard InChI is InChI=1S/C18H32O/c1-3-4-13-19-14-16-7-11-18(12-8-16)17-9-5-15(2)6-10-17/h4,13,15-18H,3,5-12,14H2,1-2H3/b13-4-. The van der Waals surface area contributed by atoms with E-state index in [9.17, 15) is 0 Å². The molecule has 19 heavy (non-hydrogen) atoms. The highest BCUT2D eigenvalue weighted by Crippen LogP contribution is 2.41. The predicted octanol–water partition coefficient (Wildman–Crippen LogP) is 5.56. The lowest BCUT2D eigenvalue weighted by atomic mass is 9.69. The van der Waals surface area contributed by atoms with E-state index in [-0.39, 0.29) is 0 Å². The Morgan fingerprint density at radius 2 is 1.47 bits per heavy atom. The van der Waals surface area contributed by atoms with Crippen LogP contribution in [-0.2, 0) is 4.74 Å². The molecule has 0 aromatic carbocycles. The van der Waals surface area contributed by atoms with E-state index in [2.05, 4.69) is 19.9 Å². The van der Waals surface area contributed by atoms with Crippen molar-refractivity contribution in [1.29, 1.82) is 0 Å². The summed E-state index contributed by atoms with van der Waals surface area (Å²) in [6.45, 7) is 5.52. The summed E-state index contributed by atoms with van der Waals surface area (Å²) >= 11 is 0. The summed E-state index contributed by atoms with van der Waals surface area (Å²) in [5.74, 6) is 3.90. The van der Waals surface area contributed by atoms with E-state index < -0.39 is 0 Å². The van der Waals surface area contributed by atoms with E-state index in [0.717, 1.165) is 36.7 Å². The van der Waals surface area contributed by atoms with E-state index >= 15 is 0 Å². The molecule has 2 aliphatic carbocycles. The molecular formula is C18H32O. The Balaban J connectivity index is 1.63. The van der Waals surface area contributed by atoms with Crippen LogP contribution in [0.1, 0.15) is 71.6 Å². The summed E-state index contributed by atoms with van der Waals surface area (Å²) in [6, 6.07) is 0. The molecule has 110 valence electrons. The highest BCUT2D eigenvalue weighted by atomic mass is 16.5. The van der Waals surface area contributed by atoms with Gasteiger partial charge >= 0.3 is 0 Å². The zero-order valence-electron chi connectivity index (χ0n) is 12.9. The van der Waals surface area contributed by atoms with E-state index in [1.807, 2.05) is 6.26 Å². The van der Waals surface area contributed by atoms with Gasteiger partial charge in [0, 0.05) is 0 Å². The Bertz CT molecular complexity index is 255. The lowest BCUT2D eigenvalue weighted by molar-refractivity contribution is 0.111. The SMILES string of the molecule is CC/C=C\OCC1CCC(C2CCC(C)CC2)CC1. The normalized spacial score (nSPS) is 36.5. The van der Waals surface area contributed by atoms with Crippen LogP contribution in [0.2, 0.25) is 0 Å². The quantitative estimate of drug-likeness (QED) is 0.591. The maximum Gasteiger partial charge on any atom is 0.0901 e. The number of ether oxygens (including phenoxy) is 1. The first-order chi connectivity index (χ1) is 9.29. The minimum Gasteiger partial charge on any atom is -0.501 e. The first kappa shape index (κ1) is 14.9. The summed E-state index contributed by atoms with van der Waals surface area (Å²) < 4.78 is 5.63. The molecule has 2 aliphatic rings. The van der Waals surface area contributed by atoms with E-state index in [0.29, 0.717) is 0 Å². The molecule has 0 radical (unpaired) electrons. The van der Waals surface area contributed by atoms with Crippen molar-refractivity contribution in [3.63, 3.8) is 0 Å². The van der Waals surface area contributed by atoms with Crippen LogP contribution in [0.25, 0.3) is 0 Å². The summed E-state index contributed by atoms with van der Waals surface area (Å²) in [4.78, 5) is 0. The van der Waals surface area contributed by atoms with Crippen molar-refractivity contribution in [3.05, 3.63) is 12.3 Å². The molecule has 1 heteroatoms. The van der Waals surface area contributed by atoms with Gasteiger partial charge in [0.25, 0.3) is 0 Å². The Kier molecular flexibility index (Phi) is 6.26. The second kappa shape index (κ2) is 7.97. The van der Waals surface area contributed by atoms with Crippen molar-refractivity contribution in [2.45, 2.75) is 71.6 Å². The van der Waals surface area contributed by atoms with Gasteiger partial charge in [-0.05, 0) is 68.6 Å². The molecule has 0 N–H and O–H groups in total. The largest absolute Gasteiger partial charge is 0.501 e. The Labute approximate surface area is 119 Å². The van der Waals surface area contributed by atoms with Crippen molar-refractivity contribution in [1.82, 2.24) is 0 Å². The topological polar surface area (TPSA) is 9.23 Å². The molecular weight excluding hydrogens is 232 g/mol. The molecule has 1 nitrogen and oxygen atoms in total. The van der Waals surface area contributed by atoms with Crippen LogP contribution in [0.5, 0.6) is 0 Å². The van der Waals surface area contributed by atoms with E-state index in [1.54, 1.807) is 0 Å². The molecule has 2 saturated carbocycles. The van der Waals surface area contributed by atoms with Crippen LogP contribution in [0, 0.1) is 23.7 Å². The molecule has 2 fully saturated rings. The van der Waals surface area contributed by atoms with Gasteiger partial charge in [0.2, 0.25) is 0 Å². The van der Waals surface area contributed by atoms with Crippen LogP contribution in [-0.4, -0.2) is 6.61 Å². The number of rotatable bonds is 5. The lowest BCUT2D eigenvalue weighted by Gasteiger charge is -2.37. The van der Waals surface area contributed by atoms with Gasteiger partial charge in [-0.2, -0.15) is 0 Å². The molecule has 0 unspecified atom stereocenters. The minimum absolute atomic E-state index is 0.820. The Morgan fingerprint density at radius 1 is 0.895 bits per heavy atom. The van der Waals surface area contributed by atoms with Gasteiger partial charge in [0.05, 0.1) is 12.9 Å². The molecule has 2 rings (SSSR count). The monoisotopic (exact) mass is 264 g/mol. The first-order valence-electron chi connectivity index (χ1n) is 8.56. The van der Waals surface area contributed by atoms with Gasteiger partial charge in [0.1, 0.15) is 0 Å². The molecule has 0 heterocycles. The van der Waals surface area contributed by atoms with Crippen LogP contribution >= 0.6 is 0 Å². The van der Waals surface area contributed by atoms with Gasteiger partial charge in [-0.25, -0.2) is 0 Å². The summed E-state index contributed by atoms with van der Waals surface area (Å²) in [5.41, 5.74) is 0. The molecule has 0 amide bonds. The van der Waals surface area contributed by atoms with Crippen molar-refractivity contribution in [2.75, 3.05) is 6.61 Å². The second-order valence-corrected chi connectivity index (χ2v) is 6.91. The molecule has 0 bridgehead atoms. The van der Waals surface area contributed by atoms with Crippen molar-refractivity contribution < 1.29 is 4.74 Å². The molecule has 0 aromatic heterocycles. The summed E-state index contributed by atoms with van der Waals surface area (Å²) in [5, 5.41) is 0. The van der Waals surface area contributed by atoms with E-state index in [4.69, 9.17) is 4.74 Å². The minimum atomic E-state index is 0.820. The fourth-order valence-corrected chi connectivity index (χ4v) is 3.94. The highest BCUT2D eigenvalue weighted by molar-refractivity contribution is 4.81. The third-order valence-electron chi connectivity index (χ3n) is 5.38. The molecule has 0 atom stereocenters. The van der Waals surface area contributed by atoms with Gasteiger partial charge in [-0.3, -0.25) is 0 Å². The smallest absolute Gasteiger partial charge is 0.0901 e. The molecule has 0 aromatic rings.